The Balaban J connectivity index is 3.97. The summed E-state index contributed by atoms with van der Waals surface area (Å²) in [6, 6.07) is 0. The monoisotopic (exact) mass is 257 g/mol. The van der Waals surface area contributed by atoms with Crippen molar-refractivity contribution in [2.45, 2.75) is 26.2 Å². The van der Waals surface area contributed by atoms with E-state index < -0.39 is 10.0 Å². The van der Waals surface area contributed by atoms with Crippen molar-refractivity contribution in [2.75, 3.05) is 24.8 Å². The van der Waals surface area contributed by atoms with Crippen LogP contribution >= 0.6 is 11.6 Å². The lowest BCUT2D eigenvalue weighted by Gasteiger charge is -2.15. The van der Waals surface area contributed by atoms with Crippen LogP contribution in [0.4, 0.5) is 0 Å². The molecule has 0 radical (unpaired) electrons. The van der Waals surface area contributed by atoms with Gasteiger partial charge in [0.05, 0.1) is 5.75 Å². The first-order valence-electron chi connectivity index (χ1n) is 5.20. The van der Waals surface area contributed by atoms with Gasteiger partial charge in [-0.25, -0.2) is 13.1 Å². The molecule has 0 spiro atoms. The number of sulfonamides is 1. The van der Waals surface area contributed by atoms with Crippen LogP contribution in [0.2, 0.25) is 0 Å². The summed E-state index contributed by atoms with van der Waals surface area (Å²) in [6.45, 7) is 2.53. The van der Waals surface area contributed by atoms with Gasteiger partial charge in [-0.15, -0.1) is 11.6 Å². The topological polar surface area (TPSA) is 66.4 Å². The molecule has 0 heterocycles. The molecule has 0 fully saturated rings. The standard InChI is InChI=1S/C9H20ClNO3S/c1-2-3-9(4-6-12)8-11-15(13,14)7-5-10/h9,11-12H,2-8H2,1H3. The Kier molecular flexibility index (Phi) is 8.42. The van der Waals surface area contributed by atoms with Gasteiger partial charge >= 0.3 is 0 Å². The summed E-state index contributed by atoms with van der Waals surface area (Å²) in [5, 5.41) is 8.80. The molecule has 6 heteroatoms. The first-order chi connectivity index (χ1) is 7.05. The second-order valence-electron chi connectivity index (χ2n) is 3.52. The molecule has 0 bridgehead atoms. The number of nitrogens with one attached hydrogen (secondary N) is 1. The van der Waals surface area contributed by atoms with Crippen molar-refractivity contribution < 1.29 is 13.5 Å². The van der Waals surface area contributed by atoms with Gasteiger partial charge in [-0.3, -0.25) is 0 Å². The molecule has 0 saturated carbocycles. The summed E-state index contributed by atoms with van der Waals surface area (Å²) in [4.78, 5) is 0. The quantitative estimate of drug-likeness (QED) is 0.605. The molecule has 15 heavy (non-hydrogen) atoms. The number of rotatable bonds is 9. The van der Waals surface area contributed by atoms with Gasteiger partial charge in [-0.05, 0) is 18.8 Å². The zero-order chi connectivity index (χ0) is 11.7. The molecule has 4 nitrogen and oxygen atoms in total. The van der Waals surface area contributed by atoms with E-state index >= 15 is 0 Å². The molecule has 0 amide bonds. The second-order valence-corrected chi connectivity index (χ2v) is 5.83. The average molecular weight is 258 g/mol. The predicted molar refractivity (Wildman–Crippen MR) is 62.6 cm³/mol. The smallest absolute Gasteiger partial charge is 0.212 e. The number of halogens is 1. The third-order valence-corrected chi connectivity index (χ3v) is 3.93. The number of aliphatic hydroxyl groups is 1. The van der Waals surface area contributed by atoms with Crippen LogP contribution in [-0.2, 0) is 10.0 Å². The largest absolute Gasteiger partial charge is 0.396 e. The molecule has 0 aromatic heterocycles. The number of hydrogen-bond donors (Lipinski definition) is 2. The van der Waals surface area contributed by atoms with E-state index in [4.69, 9.17) is 16.7 Å². The molecule has 0 aromatic carbocycles. The molecule has 1 unspecified atom stereocenters. The third-order valence-electron chi connectivity index (χ3n) is 2.17. The van der Waals surface area contributed by atoms with Crippen molar-refractivity contribution in [1.82, 2.24) is 4.72 Å². The van der Waals surface area contributed by atoms with Crippen LogP contribution in [0.5, 0.6) is 0 Å². The second kappa shape index (κ2) is 8.33. The van der Waals surface area contributed by atoms with Gasteiger partial charge in [0.1, 0.15) is 0 Å². The highest BCUT2D eigenvalue weighted by Gasteiger charge is 2.13. The summed E-state index contributed by atoms with van der Waals surface area (Å²) < 4.78 is 25.1. The normalized spacial score (nSPS) is 14.1. The van der Waals surface area contributed by atoms with Gasteiger partial charge in [0.15, 0.2) is 0 Å². The van der Waals surface area contributed by atoms with Crippen molar-refractivity contribution in [3.05, 3.63) is 0 Å². The van der Waals surface area contributed by atoms with E-state index in [1.54, 1.807) is 0 Å². The van der Waals surface area contributed by atoms with E-state index in [1.165, 1.54) is 0 Å². The number of hydrogen-bond acceptors (Lipinski definition) is 3. The Labute approximate surface area is 97.1 Å². The molecule has 1 atom stereocenters. The summed E-state index contributed by atoms with van der Waals surface area (Å²) in [5.41, 5.74) is 0. The Morgan fingerprint density at radius 1 is 1.40 bits per heavy atom. The Hall–Kier alpha value is 0.160. The SMILES string of the molecule is CCCC(CCO)CNS(=O)(=O)CCCl. The summed E-state index contributed by atoms with van der Waals surface area (Å²) >= 11 is 5.36. The Morgan fingerprint density at radius 2 is 2.07 bits per heavy atom. The van der Waals surface area contributed by atoms with Crippen molar-refractivity contribution in [3.8, 4) is 0 Å². The summed E-state index contributed by atoms with van der Waals surface area (Å²) in [5.74, 6) is 0.269. The first kappa shape index (κ1) is 15.2. The lowest BCUT2D eigenvalue weighted by Crippen LogP contribution is -2.32. The van der Waals surface area contributed by atoms with Crippen molar-refractivity contribution in [2.24, 2.45) is 5.92 Å². The lowest BCUT2D eigenvalue weighted by molar-refractivity contribution is 0.251. The molecule has 0 rings (SSSR count). The van der Waals surface area contributed by atoms with Gasteiger partial charge in [-0.1, -0.05) is 13.3 Å². The molecular formula is C9H20ClNO3S. The van der Waals surface area contributed by atoms with Crippen LogP contribution < -0.4 is 4.72 Å². The average Bonchev–Trinajstić information content (AvgIpc) is 2.15. The fraction of sp³-hybridized carbons (Fsp3) is 1.00. The molecule has 92 valence electrons. The van der Waals surface area contributed by atoms with Crippen LogP contribution in [0.3, 0.4) is 0 Å². The molecule has 2 N–H and O–H groups in total. The van der Waals surface area contributed by atoms with Crippen molar-refractivity contribution in [1.29, 1.82) is 0 Å². The van der Waals surface area contributed by atoms with Gasteiger partial charge in [0.25, 0.3) is 0 Å². The van der Waals surface area contributed by atoms with Gasteiger partial charge in [0.2, 0.25) is 10.0 Å². The number of alkyl halides is 1. The van der Waals surface area contributed by atoms with Gasteiger partial charge < -0.3 is 5.11 Å². The highest BCUT2D eigenvalue weighted by atomic mass is 35.5. The lowest BCUT2D eigenvalue weighted by atomic mass is 10.0. The van der Waals surface area contributed by atoms with Crippen LogP contribution in [0.25, 0.3) is 0 Å². The molecule has 0 aliphatic carbocycles. The fourth-order valence-electron chi connectivity index (χ4n) is 1.36. The van der Waals surface area contributed by atoms with E-state index in [1.807, 2.05) is 6.92 Å². The molecule has 0 aromatic rings. The number of aliphatic hydroxyl groups excluding tert-OH is 1. The summed E-state index contributed by atoms with van der Waals surface area (Å²) in [6.07, 6.45) is 2.54. The highest BCUT2D eigenvalue weighted by Crippen LogP contribution is 2.09. The third kappa shape index (κ3) is 8.02. The minimum atomic E-state index is -3.23. The maximum absolute atomic E-state index is 11.3. The Bertz CT molecular complexity index is 238. The van der Waals surface area contributed by atoms with E-state index in [-0.39, 0.29) is 24.2 Å². The van der Waals surface area contributed by atoms with E-state index in [2.05, 4.69) is 4.72 Å². The first-order valence-corrected chi connectivity index (χ1v) is 7.38. The summed E-state index contributed by atoms with van der Waals surface area (Å²) in [7, 11) is -3.23. The molecule has 0 aliphatic heterocycles. The Morgan fingerprint density at radius 3 is 2.53 bits per heavy atom. The van der Waals surface area contributed by atoms with E-state index in [0.717, 1.165) is 12.8 Å². The highest BCUT2D eigenvalue weighted by molar-refractivity contribution is 7.89. The van der Waals surface area contributed by atoms with Crippen molar-refractivity contribution in [3.63, 3.8) is 0 Å². The maximum Gasteiger partial charge on any atom is 0.212 e. The van der Waals surface area contributed by atoms with Crippen molar-refractivity contribution >= 4 is 21.6 Å². The molecule has 0 saturated heterocycles. The fourth-order valence-corrected chi connectivity index (χ4v) is 2.80. The van der Waals surface area contributed by atoms with Gasteiger partial charge in [0, 0.05) is 19.0 Å². The van der Waals surface area contributed by atoms with Crippen LogP contribution in [-0.4, -0.2) is 38.3 Å². The molecule has 0 aliphatic rings. The molecular weight excluding hydrogens is 238 g/mol. The predicted octanol–water partition coefficient (Wildman–Crippen LogP) is 0.943. The zero-order valence-corrected chi connectivity index (χ0v) is 10.6. The van der Waals surface area contributed by atoms with Crippen LogP contribution in [0.15, 0.2) is 0 Å². The van der Waals surface area contributed by atoms with E-state index in [0.29, 0.717) is 13.0 Å². The zero-order valence-electron chi connectivity index (χ0n) is 9.08. The van der Waals surface area contributed by atoms with Crippen LogP contribution in [0.1, 0.15) is 26.2 Å². The maximum atomic E-state index is 11.3. The van der Waals surface area contributed by atoms with Gasteiger partial charge in [-0.2, -0.15) is 0 Å². The van der Waals surface area contributed by atoms with Crippen LogP contribution in [0, 0.1) is 5.92 Å². The minimum absolute atomic E-state index is 0.0491. The minimum Gasteiger partial charge on any atom is -0.396 e. The van der Waals surface area contributed by atoms with E-state index in [9.17, 15) is 8.42 Å².